The Morgan fingerprint density at radius 2 is 1.50 bits per heavy atom. The summed E-state index contributed by atoms with van der Waals surface area (Å²) in [5.41, 5.74) is 1.33. The first-order valence-corrected chi connectivity index (χ1v) is 11.4. The molecular formula is C28H26O4. The Morgan fingerprint density at radius 1 is 0.812 bits per heavy atom. The maximum absolute atomic E-state index is 9.88. The van der Waals surface area contributed by atoms with E-state index in [9.17, 15) is 10.2 Å². The number of aryl methyl sites for hydroxylation is 1. The first-order valence-electron chi connectivity index (χ1n) is 11.4. The molecule has 0 aliphatic carbocycles. The van der Waals surface area contributed by atoms with Crippen molar-refractivity contribution in [3.8, 4) is 0 Å². The highest BCUT2D eigenvalue weighted by molar-refractivity contribution is 6.33. The third-order valence-corrected chi connectivity index (χ3v) is 6.86. The fraction of sp³-hybridized carbons (Fsp3) is 0.286. The van der Waals surface area contributed by atoms with Crippen LogP contribution in [0.2, 0.25) is 0 Å². The lowest BCUT2D eigenvalue weighted by Gasteiger charge is -2.17. The van der Waals surface area contributed by atoms with Gasteiger partial charge in [0.05, 0.1) is 19.3 Å². The Morgan fingerprint density at radius 3 is 2.22 bits per heavy atom. The minimum absolute atomic E-state index is 0.184. The molecule has 1 saturated heterocycles. The zero-order valence-electron chi connectivity index (χ0n) is 17.8. The van der Waals surface area contributed by atoms with Gasteiger partial charge in [-0.05, 0) is 61.5 Å². The van der Waals surface area contributed by atoms with E-state index in [-0.39, 0.29) is 6.61 Å². The molecule has 0 radical (unpaired) electrons. The van der Waals surface area contributed by atoms with Crippen molar-refractivity contribution in [3.05, 3.63) is 72.3 Å². The van der Waals surface area contributed by atoms with Crippen molar-refractivity contribution in [1.82, 2.24) is 0 Å². The first kappa shape index (κ1) is 19.9. The smallest absolute Gasteiger partial charge is 0.160 e. The van der Waals surface area contributed by atoms with Gasteiger partial charge in [-0.3, -0.25) is 0 Å². The van der Waals surface area contributed by atoms with Gasteiger partial charge in [-0.15, -0.1) is 0 Å². The minimum atomic E-state index is -0.658. The number of hydrogen-bond donors (Lipinski definition) is 2. The minimum Gasteiger partial charge on any atom is -0.394 e. The van der Waals surface area contributed by atoms with Gasteiger partial charge in [0.2, 0.25) is 0 Å². The Kier molecular flexibility index (Phi) is 4.96. The quantitative estimate of drug-likeness (QED) is 0.224. The fourth-order valence-electron chi connectivity index (χ4n) is 5.38. The summed E-state index contributed by atoms with van der Waals surface area (Å²) >= 11 is 0. The fourth-order valence-corrected chi connectivity index (χ4v) is 5.38. The van der Waals surface area contributed by atoms with Crippen LogP contribution in [-0.4, -0.2) is 41.9 Å². The summed E-state index contributed by atoms with van der Waals surface area (Å²) in [6.45, 7) is 0.367. The Labute approximate surface area is 186 Å². The van der Waals surface area contributed by atoms with Crippen molar-refractivity contribution in [2.75, 3.05) is 13.2 Å². The summed E-state index contributed by atoms with van der Waals surface area (Å²) < 4.78 is 11.4. The van der Waals surface area contributed by atoms with Crippen LogP contribution in [0.25, 0.3) is 43.1 Å². The van der Waals surface area contributed by atoms with Gasteiger partial charge in [-0.1, -0.05) is 66.7 Å². The van der Waals surface area contributed by atoms with Crippen LogP contribution in [0.4, 0.5) is 0 Å². The van der Waals surface area contributed by atoms with E-state index in [1.165, 1.54) is 48.7 Å². The molecule has 0 aromatic heterocycles. The van der Waals surface area contributed by atoms with Crippen molar-refractivity contribution < 1.29 is 19.7 Å². The number of aliphatic hydroxyl groups is 2. The van der Waals surface area contributed by atoms with Crippen molar-refractivity contribution >= 4 is 43.1 Å². The van der Waals surface area contributed by atoms with Crippen LogP contribution in [-0.2, 0) is 15.9 Å². The van der Waals surface area contributed by atoms with Crippen molar-refractivity contribution in [2.24, 2.45) is 0 Å². The molecule has 4 nitrogen and oxygen atoms in total. The van der Waals surface area contributed by atoms with Gasteiger partial charge in [0.25, 0.3) is 0 Å². The van der Waals surface area contributed by atoms with Gasteiger partial charge in [0, 0.05) is 6.42 Å². The van der Waals surface area contributed by atoms with Crippen LogP contribution < -0.4 is 0 Å². The number of rotatable bonds is 6. The van der Waals surface area contributed by atoms with Crippen molar-refractivity contribution in [3.63, 3.8) is 0 Å². The van der Waals surface area contributed by atoms with Crippen molar-refractivity contribution in [1.29, 1.82) is 0 Å². The lowest BCUT2D eigenvalue weighted by molar-refractivity contribution is -0.143. The predicted molar refractivity (Wildman–Crippen MR) is 128 cm³/mol. The summed E-state index contributed by atoms with van der Waals surface area (Å²) in [7, 11) is 0. The highest BCUT2D eigenvalue weighted by Crippen LogP contribution is 2.41. The van der Waals surface area contributed by atoms with Crippen LogP contribution in [0.3, 0.4) is 0 Å². The van der Waals surface area contributed by atoms with E-state index >= 15 is 0 Å². The number of aliphatic hydroxyl groups excluding tert-OH is 2. The average Bonchev–Trinajstić information content (AvgIpc) is 3.19. The molecule has 0 unspecified atom stereocenters. The average molecular weight is 427 g/mol. The van der Waals surface area contributed by atoms with E-state index < -0.39 is 18.5 Å². The van der Waals surface area contributed by atoms with E-state index in [0.717, 1.165) is 12.8 Å². The molecule has 1 fully saturated rings. The van der Waals surface area contributed by atoms with Gasteiger partial charge in [0.15, 0.2) is 6.29 Å². The lowest BCUT2D eigenvalue weighted by atomic mass is 9.87. The van der Waals surface area contributed by atoms with Gasteiger partial charge >= 0.3 is 0 Å². The first-order chi connectivity index (χ1) is 15.7. The van der Waals surface area contributed by atoms with Crippen LogP contribution in [0.5, 0.6) is 0 Å². The highest BCUT2D eigenvalue weighted by Gasteiger charge is 2.33. The summed E-state index contributed by atoms with van der Waals surface area (Å²) in [5, 5.41) is 29.6. The molecule has 6 rings (SSSR count). The Hall–Kier alpha value is -2.76. The van der Waals surface area contributed by atoms with Crippen LogP contribution >= 0.6 is 0 Å². The second-order valence-corrected chi connectivity index (χ2v) is 8.78. The summed E-state index contributed by atoms with van der Waals surface area (Å²) in [4.78, 5) is 0. The number of ether oxygens (including phenoxy) is 2. The summed E-state index contributed by atoms with van der Waals surface area (Å²) in [5.74, 6) is 0. The molecule has 1 heterocycles. The molecule has 32 heavy (non-hydrogen) atoms. The van der Waals surface area contributed by atoms with E-state index in [0.29, 0.717) is 13.0 Å². The monoisotopic (exact) mass is 426 g/mol. The topological polar surface area (TPSA) is 58.9 Å². The second kappa shape index (κ2) is 7.98. The maximum Gasteiger partial charge on any atom is 0.160 e. The van der Waals surface area contributed by atoms with Gasteiger partial charge in [-0.25, -0.2) is 0 Å². The molecule has 0 amide bonds. The van der Waals surface area contributed by atoms with Gasteiger partial charge < -0.3 is 19.7 Å². The SMILES string of the molecule is OC[C@H]1O[C@@H](OCCCc2ccc3cccc4c5cccc6cccc(c2c34)c65)C[C@@H]1O. The Bertz CT molecular complexity index is 1400. The molecule has 162 valence electrons. The van der Waals surface area contributed by atoms with E-state index in [1.54, 1.807) is 0 Å². The third-order valence-electron chi connectivity index (χ3n) is 6.86. The summed E-state index contributed by atoms with van der Waals surface area (Å²) in [6.07, 6.45) is 0.533. The normalized spacial score (nSPS) is 21.5. The number of hydrogen-bond acceptors (Lipinski definition) is 4. The Balaban J connectivity index is 1.36. The third kappa shape index (κ3) is 3.14. The highest BCUT2D eigenvalue weighted by atomic mass is 16.7. The molecule has 5 aromatic rings. The van der Waals surface area contributed by atoms with E-state index in [1.807, 2.05) is 0 Å². The molecule has 1 aliphatic rings. The van der Waals surface area contributed by atoms with Gasteiger partial charge in [0.1, 0.15) is 6.10 Å². The van der Waals surface area contributed by atoms with Gasteiger partial charge in [-0.2, -0.15) is 0 Å². The lowest BCUT2D eigenvalue weighted by Crippen LogP contribution is -2.24. The molecule has 0 bridgehead atoms. The molecular weight excluding hydrogens is 400 g/mol. The molecule has 5 aromatic carbocycles. The standard InChI is InChI=1S/C28H26O4/c29-16-24-23(30)15-25(32-24)31-14-4-8-19-13-12-18-7-2-10-21-20-9-1-5-17-6-3-11-22(26(17)20)28(19)27(18)21/h1-3,5-7,9-13,23-25,29-30H,4,8,14-16H2/t23-,24+,25+/m0/s1. The molecule has 4 heteroatoms. The molecule has 0 spiro atoms. The predicted octanol–water partition coefficient (Wildman–Crippen LogP) is 5.15. The van der Waals surface area contributed by atoms with E-state index in [2.05, 4.69) is 66.7 Å². The van der Waals surface area contributed by atoms with Crippen LogP contribution in [0.15, 0.2) is 66.7 Å². The van der Waals surface area contributed by atoms with Crippen LogP contribution in [0.1, 0.15) is 18.4 Å². The second-order valence-electron chi connectivity index (χ2n) is 8.78. The molecule has 3 atom stereocenters. The summed E-state index contributed by atoms with van der Waals surface area (Å²) in [6, 6.07) is 24.3. The van der Waals surface area contributed by atoms with Crippen molar-refractivity contribution in [2.45, 2.75) is 37.8 Å². The zero-order chi connectivity index (χ0) is 21.7. The van der Waals surface area contributed by atoms with E-state index in [4.69, 9.17) is 9.47 Å². The molecule has 0 saturated carbocycles. The molecule has 1 aliphatic heterocycles. The molecule has 2 N–H and O–H groups in total. The van der Waals surface area contributed by atoms with Crippen LogP contribution in [0, 0.1) is 0 Å². The number of benzene rings is 5. The zero-order valence-corrected chi connectivity index (χ0v) is 17.8. The number of fused-ring (bicyclic) bond motifs is 2. The largest absolute Gasteiger partial charge is 0.394 e. The maximum atomic E-state index is 9.88.